The van der Waals surface area contributed by atoms with E-state index in [2.05, 4.69) is 240 Å². The van der Waals surface area contributed by atoms with Gasteiger partial charge in [-0.3, -0.25) is 0 Å². The van der Waals surface area contributed by atoms with Gasteiger partial charge in [-0.25, -0.2) is 0 Å². The smallest absolute Gasteiger partial charge is 0.0640 e. The first kappa shape index (κ1) is 35.7. The quantitative estimate of drug-likeness (QED) is 0.158. The third-order valence-electron chi connectivity index (χ3n) is 12.9. The normalized spacial score (nSPS) is 11.8. The van der Waals surface area contributed by atoms with Crippen molar-refractivity contribution in [1.29, 1.82) is 0 Å². The van der Waals surface area contributed by atoms with Crippen LogP contribution in [0.4, 0.5) is 0 Å². The molecule has 0 bridgehead atoms. The van der Waals surface area contributed by atoms with Crippen molar-refractivity contribution >= 4 is 75.1 Å². The Hall–Kier alpha value is -7.98. The van der Waals surface area contributed by atoms with Gasteiger partial charge in [-0.05, 0) is 93.5 Å². The number of aromatic nitrogens is 2. The zero-order valence-electron chi connectivity index (χ0n) is 34.2. The summed E-state index contributed by atoms with van der Waals surface area (Å²) in [7, 11) is 0. The van der Waals surface area contributed by atoms with Gasteiger partial charge in [-0.1, -0.05) is 176 Å². The molecule has 0 saturated heterocycles. The topological polar surface area (TPSA) is 9.86 Å². The van der Waals surface area contributed by atoms with Crippen LogP contribution in [0.1, 0.15) is 0 Å². The lowest BCUT2D eigenvalue weighted by Crippen LogP contribution is -1.95. The number of hydrogen-bond donors (Lipinski definition) is 0. The first-order valence-electron chi connectivity index (χ1n) is 21.6. The van der Waals surface area contributed by atoms with Crippen molar-refractivity contribution in [3.05, 3.63) is 231 Å². The minimum absolute atomic E-state index is 1.15. The van der Waals surface area contributed by atoms with Crippen LogP contribution in [0.2, 0.25) is 0 Å². The number of hydrogen-bond acceptors (Lipinski definition) is 1. The molecule has 0 aliphatic heterocycles. The number of benzene rings is 10. The third-order valence-corrected chi connectivity index (χ3v) is 14.2. The molecule has 0 fully saturated rings. The van der Waals surface area contributed by atoms with Gasteiger partial charge in [0.25, 0.3) is 0 Å². The van der Waals surface area contributed by atoms with Crippen molar-refractivity contribution < 1.29 is 0 Å². The Balaban J connectivity index is 1.03. The van der Waals surface area contributed by atoms with Crippen LogP contribution >= 0.6 is 11.3 Å². The Bertz CT molecular complexity index is 3870. The van der Waals surface area contributed by atoms with Crippen LogP contribution in [-0.4, -0.2) is 9.13 Å². The standard InChI is InChI=1S/C60H38N2S/c1-4-16-39(17-5-1)41-30-32-42(33-31-41)44-22-14-23-46(36-44)61-52-27-12-10-24-48(52)57-54(61)34-35-55-58(57)49-25-11-13-28-53(49)62(55)56-29-15-26-47-51-38-45(40-18-6-2-7-19-40)37-50(59(51)63-60(47)56)43-20-8-3-9-21-43/h1-38H. The number of rotatable bonds is 6. The molecule has 0 aliphatic carbocycles. The highest BCUT2D eigenvalue weighted by atomic mass is 32.1. The highest BCUT2D eigenvalue weighted by Crippen LogP contribution is 2.48. The highest BCUT2D eigenvalue weighted by Gasteiger charge is 2.23. The van der Waals surface area contributed by atoms with E-state index in [1.54, 1.807) is 0 Å². The Labute approximate surface area is 368 Å². The van der Waals surface area contributed by atoms with Crippen molar-refractivity contribution in [3.63, 3.8) is 0 Å². The lowest BCUT2D eigenvalue weighted by atomic mass is 9.96. The summed E-state index contributed by atoms with van der Waals surface area (Å²) in [5.41, 5.74) is 17.0. The van der Waals surface area contributed by atoms with Crippen LogP contribution in [0.3, 0.4) is 0 Å². The van der Waals surface area contributed by atoms with Gasteiger partial charge in [0.1, 0.15) is 0 Å². The molecular formula is C60H38N2S. The maximum Gasteiger partial charge on any atom is 0.0640 e. The molecule has 294 valence electrons. The average molecular weight is 819 g/mol. The van der Waals surface area contributed by atoms with Crippen molar-refractivity contribution in [3.8, 4) is 55.9 Å². The molecule has 0 aliphatic rings. The molecule has 63 heavy (non-hydrogen) atoms. The molecule has 0 amide bonds. The van der Waals surface area contributed by atoms with E-state index in [0.29, 0.717) is 0 Å². The molecule has 0 atom stereocenters. The third kappa shape index (κ3) is 5.64. The van der Waals surface area contributed by atoms with Gasteiger partial charge in [0.05, 0.1) is 32.5 Å². The van der Waals surface area contributed by atoms with E-state index in [1.807, 2.05) is 11.3 Å². The molecule has 2 nitrogen and oxygen atoms in total. The molecule has 0 N–H and O–H groups in total. The average Bonchev–Trinajstić information content (AvgIpc) is 4.02. The van der Waals surface area contributed by atoms with Crippen molar-refractivity contribution in [2.45, 2.75) is 0 Å². The first-order valence-corrected chi connectivity index (χ1v) is 22.4. The van der Waals surface area contributed by atoms with Gasteiger partial charge in [-0.15, -0.1) is 11.3 Å². The Morgan fingerprint density at radius 1 is 0.270 bits per heavy atom. The van der Waals surface area contributed by atoms with Gasteiger partial charge in [0.2, 0.25) is 0 Å². The molecule has 0 unspecified atom stereocenters. The summed E-state index contributed by atoms with van der Waals surface area (Å²) in [6.07, 6.45) is 0. The maximum absolute atomic E-state index is 2.52. The minimum atomic E-state index is 1.15. The Morgan fingerprint density at radius 3 is 1.43 bits per heavy atom. The summed E-state index contributed by atoms with van der Waals surface area (Å²) >= 11 is 1.91. The summed E-state index contributed by atoms with van der Waals surface area (Å²) < 4.78 is 7.58. The van der Waals surface area contributed by atoms with Crippen LogP contribution in [0.5, 0.6) is 0 Å². The van der Waals surface area contributed by atoms with E-state index < -0.39 is 0 Å². The fourth-order valence-electron chi connectivity index (χ4n) is 10.1. The van der Waals surface area contributed by atoms with E-state index in [4.69, 9.17) is 0 Å². The molecule has 0 spiro atoms. The molecule has 3 aromatic heterocycles. The van der Waals surface area contributed by atoms with Crippen LogP contribution < -0.4 is 0 Å². The molecule has 13 aromatic rings. The number of para-hydroxylation sites is 2. The van der Waals surface area contributed by atoms with Crippen LogP contribution in [0.15, 0.2) is 231 Å². The molecule has 0 radical (unpaired) electrons. The SMILES string of the molecule is c1ccc(-c2ccc(-c3cccc(-n4c5ccccc5c5c6c7ccccc7n(-c7cccc8c7sc7c(-c9ccccc9)cc(-c9ccccc9)cc78)c6ccc54)c3)cc2)cc1. The van der Waals surface area contributed by atoms with E-state index >= 15 is 0 Å². The highest BCUT2D eigenvalue weighted by molar-refractivity contribution is 7.26. The predicted octanol–water partition coefficient (Wildman–Crippen LogP) is 16.9. The summed E-state index contributed by atoms with van der Waals surface area (Å²) in [6, 6.07) is 84.4. The summed E-state index contributed by atoms with van der Waals surface area (Å²) in [6.45, 7) is 0. The van der Waals surface area contributed by atoms with Gasteiger partial charge < -0.3 is 9.13 Å². The van der Waals surface area contributed by atoms with Crippen LogP contribution in [0.25, 0.3) is 120 Å². The molecule has 13 rings (SSSR count). The van der Waals surface area contributed by atoms with Gasteiger partial charge in [-0.2, -0.15) is 0 Å². The lowest BCUT2D eigenvalue weighted by Gasteiger charge is -2.12. The Kier molecular flexibility index (Phi) is 8.12. The molecule has 3 heterocycles. The van der Waals surface area contributed by atoms with Crippen molar-refractivity contribution in [2.24, 2.45) is 0 Å². The number of nitrogens with zero attached hydrogens (tertiary/aromatic N) is 2. The minimum Gasteiger partial charge on any atom is -0.309 e. The van der Waals surface area contributed by atoms with Gasteiger partial charge in [0.15, 0.2) is 0 Å². The maximum atomic E-state index is 2.52. The zero-order chi connectivity index (χ0) is 41.4. The van der Waals surface area contributed by atoms with Crippen molar-refractivity contribution in [2.75, 3.05) is 0 Å². The van der Waals surface area contributed by atoms with Crippen LogP contribution in [0, 0.1) is 0 Å². The largest absolute Gasteiger partial charge is 0.309 e. The van der Waals surface area contributed by atoms with Crippen molar-refractivity contribution in [1.82, 2.24) is 9.13 Å². The monoisotopic (exact) mass is 818 g/mol. The second-order valence-corrected chi connectivity index (χ2v) is 17.5. The number of thiophene rings is 1. The van der Waals surface area contributed by atoms with Gasteiger partial charge >= 0.3 is 0 Å². The first-order chi connectivity index (χ1) is 31.3. The van der Waals surface area contributed by atoms with Crippen LogP contribution in [-0.2, 0) is 0 Å². The second-order valence-electron chi connectivity index (χ2n) is 16.4. The zero-order valence-corrected chi connectivity index (χ0v) is 35.1. The van der Waals surface area contributed by atoms with E-state index in [9.17, 15) is 0 Å². The van der Waals surface area contributed by atoms with E-state index in [0.717, 1.165) is 5.69 Å². The molecule has 3 heteroatoms. The molecule has 0 saturated carbocycles. The Morgan fingerprint density at radius 2 is 0.762 bits per heavy atom. The van der Waals surface area contributed by atoms with E-state index in [1.165, 1.54) is 114 Å². The lowest BCUT2D eigenvalue weighted by molar-refractivity contribution is 1.18. The van der Waals surface area contributed by atoms with E-state index in [-0.39, 0.29) is 0 Å². The summed E-state index contributed by atoms with van der Waals surface area (Å²) in [5, 5.41) is 7.62. The fraction of sp³-hybridized carbons (Fsp3) is 0. The second kappa shape index (κ2) is 14.3. The molecule has 10 aromatic carbocycles. The summed E-state index contributed by atoms with van der Waals surface area (Å²) in [5.74, 6) is 0. The number of fused-ring (bicyclic) bond motifs is 10. The molecular weight excluding hydrogens is 781 g/mol. The summed E-state index contributed by atoms with van der Waals surface area (Å²) in [4.78, 5) is 0. The predicted molar refractivity (Wildman–Crippen MR) is 270 cm³/mol. The fourth-order valence-corrected chi connectivity index (χ4v) is 11.4. The van der Waals surface area contributed by atoms with Gasteiger partial charge in [0, 0.05) is 48.3 Å².